The van der Waals surface area contributed by atoms with Crippen LogP contribution in [0, 0.1) is 5.92 Å². The van der Waals surface area contributed by atoms with Crippen molar-refractivity contribution in [1.29, 1.82) is 0 Å². The number of hydrogen-bond donors (Lipinski definition) is 3. The summed E-state index contributed by atoms with van der Waals surface area (Å²) in [5, 5.41) is 14.6. The predicted molar refractivity (Wildman–Crippen MR) is 100 cm³/mol. The molecule has 3 rings (SSSR count). The quantitative estimate of drug-likeness (QED) is 0.644. The molecule has 1 heterocycles. The van der Waals surface area contributed by atoms with Gasteiger partial charge >= 0.3 is 12.0 Å². The van der Waals surface area contributed by atoms with Gasteiger partial charge in [0.15, 0.2) is 6.04 Å². The van der Waals surface area contributed by atoms with E-state index >= 15 is 0 Å². The molecule has 0 aromatic heterocycles. The minimum absolute atomic E-state index is 0.395. The van der Waals surface area contributed by atoms with E-state index in [0.717, 1.165) is 24.2 Å². The maximum Gasteiger partial charge on any atom is 0.330 e. The first-order chi connectivity index (χ1) is 13.4. The summed E-state index contributed by atoms with van der Waals surface area (Å²) in [6, 6.07) is 6.42. The third-order valence-corrected chi connectivity index (χ3v) is 5.77. The molecule has 1 spiro atoms. The molecule has 0 bridgehead atoms. The normalized spacial score (nSPS) is 25.5. The second kappa shape index (κ2) is 8.00. The molecule has 8 heteroatoms. The number of nitrogens with one attached hydrogen (secondary N) is 2. The van der Waals surface area contributed by atoms with Gasteiger partial charge < -0.3 is 15.7 Å². The lowest BCUT2D eigenvalue weighted by atomic mass is 9.75. The molecule has 2 fully saturated rings. The largest absolute Gasteiger partial charge is 0.479 e. The first kappa shape index (κ1) is 19.9. The van der Waals surface area contributed by atoms with Crippen molar-refractivity contribution >= 4 is 23.8 Å². The van der Waals surface area contributed by atoms with E-state index < -0.39 is 41.9 Å². The zero-order chi connectivity index (χ0) is 20.3. The van der Waals surface area contributed by atoms with Crippen LogP contribution >= 0.6 is 0 Å². The lowest BCUT2D eigenvalue weighted by Crippen LogP contribution is -2.50. The summed E-state index contributed by atoms with van der Waals surface area (Å²) in [4.78, 5) is 50.0. The van der Waals surface area contributed by atoms with Gasteiger partial charge in [0, 0.05) is 0 Å². The van der Waals surface area contributed by atoms with Gasteiger partial charge in [-0.1, -0.05) is 43.7 Å². The molecule has 1 aromatic carbocycles. The number of carboxylic acid groups (broad SMARTS) is 1. The van der Waals surface area contributed by atoms with E-state index in [0.29, 0.717) is 24.3 Å². The Morgan fingerprint density at radius 2 is 1.89 bits per heavy atom. The van der Waals surface area contributed by atoms with Crippen molar-refractivity contribution in [3.63, 3.8) is 0 Å². The molecule has 1 aromatic rings. The molecule has 8 nitrogen and oxygen atoms in total. The molecule has 150 valence electrons. The van der Waals surface area contributed by atoms with Crippen molar-refractivity contribution < 1.29 is 24.3 Å². The SMILES string of the molecule is CCC1CCC2(CC1)NC(=O)N(CC(=O)N[C@H](C(=O)O)c1ccccc1)C2=O. The molecule has 2 aliphatic rings. The Bertz CT molecular complexity index is 771. The van der Waals surface area contributed by atoms with Gasteiger partial charge in [-0.3, -0.25) is 14.5 Å². The second-order valence-electron chi connectivity index (χ2n) is 7.50. The van der Waals surface area contributed by atoms with Crippen LogP contribution in [0.25, 0.3) is 0 Å². The average Bonchev–Trinajstić information content (AvgIpc) is 2.91. The van der Waals surface area contributed by atoms with Crippen LogP contribution in [0.1, 0.15) is 50.6 Å². The van der Waals surface area contributed by atoms with E-state index in [1.165, 1.54) is 0 Å². The molecule has 0 unspecified atom stereocenters. The van der Waals surface area contributed by atoms with Crippen molar-refractivity contribution in [1.82, 2.24) is 15.5 Å². The van der Waals surface area contributed by atoms with E-state index in [1.54, 1.807) is 30.3 Å². The summed E-state index contributed by atoms with van der Waals surface area (Å²) in [7, 11) is 0. The average molecular weight is 387 g/mol. The molecule has 4 amide bonds. The summed E-state index contributed by atoms with van der Waals surface area (Å²) < 4.78 is 0. The van der Waals surface area contributed by atoms with Crippen LogP contribution in [0.2, 0.25) is 0 Å². The first-order valence-electron chi connectivity index (χ1n) is 9.57. The highest BCUT2D eigenvalue weighted by Gasteiger charge is 2.52. The fourth-order valence-corrected chi connectivity index (χ4v) is 4.02. The minimum Gasteiger partial charge on any atom is -0.479 e. The predicted octanol–water partition coefficient (Wildman–Crippen LogP) is 1.82. The van der Waals surface area contributed by atoms with Gasteiger partial charge in [0.2, 0.25) is 5.91 Å². The highest BCUT2D eigenvalue weighted by molar-refractivity contribution is 6.09. The van der Waals surface area contributed by atoms with Gasteiger partial charge in [-0.2, -0.15) is 0 Å². The lowest BCUT2D eigenvalue weighted by Gasteiger charge is -2.34. The molecule has 28 heavy (non-hydrogen) atoms. The van der Waals surface area contributed by atoms with E-state index in [2.05, 4.69) is 17.6 Å². The Balaban J connectivity index is 1.66. The van der Waals surface area contributed by atoms with Crippen molar-refractivity contribution in [2.75, 3.05) is 6.54 Å². The van der Waals surface area contributed by atoms with Gasteiger partial charge in [0.25, 0.3) is 5.91 Å². The zero-order valence-corrected chi connectivity index (χ0v) is 15.8. The van der Waals surface area contributed by atoms with Crippen molar-refractivity contribution in [2.24, 2.45) is 5.92 Å². The Morgan fingerprint density at radius 3 is 2.46 bits per heavy atom. The number of carbonyl (C=O) groups is 4. The van der Waals surface area contributed by atoms with E-state index in [-0.39, 0.29) is 0 Å². The number of aliphatic carboxylic acids is 1. The molecule has 1 aliphatic carbocycles. The summed E-state index contributed by atoms with van der Waals surface area (Å²) in [5.41, 5.74) is -0.510. The maximum absolute atomic E-state index is 12.9. The second-order valence-corrected chi connectivity index (χ2v) is 7.50. The van der Waals surface area contributed by atoms with Crippen LogP contribution in [0.4, 0.5) is 4.79 Å². The first-order valence-corrected chi connectivity index (χ1v) is 9.57. The number of urea groups is 1. The van der Waals surface area contributed by atoms with Crippen molar-refractivity contribution in [3.8, 4) is 0 Å². The van der Waals surface area contributed by atoms with Gasteiger partial charge in [-0.25, -0.2) is 9.59 Å². The van der Waals surface area contributed by atoms with Crippen molar-refractivity contribution in [3.05, 3.63) is 35.9 Å². The third kappa shape index (κ3) is 3.85. The van der Waals surface area contributed by atoms with E-state index in [1.807, 2.05) is 0 Å². The van der Waals surface area contributed by atoms with Crippen LogP contribution in [0.15, 0.2) is 30.3 Å². The number of amides is 4. The summed E-state index contributed by atoms with van der Waals surface area (Å²) >= 11 is 0. The van der Waals surface area contributed by atoms with Gasteiger partial charge in [-0.05, 0) is 37.2 Å². The van der Waals surface area contributed by atoms with Gasteiger partial charge in [0.1, 0.15) is 12.1 Å². The molecular weight excluding hydrogens is 362 g/mol. The fraction of sp³-hybridized carbons (Fsp3) is 0.500. The number of benzene rings is 1. The van der Waals surface area contributed by atoms with E-state index in [9.17, 15) is 24.3 Å². The highest BCUT2D eigenvalue weighted by Crippen LogP contribution is 2.37. The molecule has 1 saturated carbocycles. The zero-order valence-electron chi connectivity index (χ0n) is 15.8. The van der Waals surface area contributed by atoms with Crippen LogP contribution in [-0.4, -0.2) is 45.9 Å². The number of nitrogens with zero attached hydrogens (tertiary/aromatic N) is 1. The van der Waals surface area contributed by atoms with Crippen LogP contribution in [-0.2, 0) is 14.4 Å². The molecule has 1 saturated heterocycles. The molecule has 3 N–H and O–H groups in total. The lowest BCUT2D eigenvalue weighted by molar-refractivity contribution is -0.142. The van der Waals surface area contributed by atoms with Gasteiger partial charge in [0.05, 0.1) is 0 Å². The molecule has 0 radical (unpaired) electrons. The molecule has 1 aliphatic heterocycles. The Labute approximate surface area is 163 Å². The summed E-state index contributed by atoms with van der Waals surface area (Å²) in [6.07, 6.45) is 3.89. The number of carbonyl (C=O) groups excluding carboxylic acids is 3. The fourth-order valence-electron chi connectivity index (χ4n) is 4.02. The van der Waals surface area contributed by atoms with Crippen LogP contribution < -0.4 is 10.6 Å². The van der Waals surface area contributed by atoms with Crippen LogP contribution in [0.5, 0.6) is 0 Å². The van der Waals surface area contributed by atoms with Gasteiger partial charge in [-0.15, -0.1) is 0 Å². The maximum atomic E-state index is 12.9. The number of carboxylic acids is 1. The molecular formula is C20H25N3O5. The number of rotatable bonds is 6. The minimum atomic E-state index is -1.25. The van der Waals surface area contributed by atoms with Crippen LogP contribution in [0.3, 0.4) is 0 Å². The Morgan fingerprint density at radius 1 is 1.25 bits per heavy atom. The molecule has 1 atom stereocenters. The van der Waals surface area contributed by atoms with Crippen molar-refractivity contribution in [2.45, 2.75) is 50.6 Å². The standard InChI is InChI=1S/C20H25N3O5/c1-2-13-8-10-20(11-9-13)18(27)23(19(28)22-20)12-15(24)21-16(17(25)26)14-6-4-3-5-7-14/h3-7,13,16H,2,8-12H2,1H3,(H,21,24)(H,22,28)(H,25,26)/t13?,16-,20?/m0/s1. The summed E-state index contributed by atoms with van der Waals surface area (Å²) in [6.45, 7) is 1.61. The number of imide groups is 1. The monoisotopic (exact) mass is 387 g/mol. The highest BCUT2D eigenvalue weighted by atomic mass is 16.4. The third-order valence-electron chi connectivity index (χ3n) is 5.77. The smallest absolute Gasteiger partial charge is 0.330 e. The summed E-state index contributed by atoms with van der Waals surface area (Å²) in [5.74, 6) is -1.76. The Kier molecular flexibility index (Phi) is 5.67. The Hall–Kier alpha value is -2.90. The van der Waals surface area contributed by atoms with E-state index in [4.69, 9.17) is 0 Å². The number of hydrogen-bond acceptors (Lipinski definition) is 4. The topological polar surface area (TPSA) is 116 Å².